The maximum Gasteiger partial charge on any atom is 0.248 e. The zero-order chi connectivity index (χ0) is 13.8. The minimum atomic E-state index is -0.512. The Balaban J connectivity index is 1.98. The van der Waals surface area contributed by atoms with Gasteiger partial charge in [-0.25, -0.2) is 0 Å². The molecular formula is C13H18N4O2. The first-order valence-corrected chi connectivity index (χ1v) is 6.24. The van der Waals surface area contributed by atoms with Crippen molar-refractivity contribution in [1.82, 2.24) is 10.6 Å². The second-order valence-electron chi connectivity index (χ2n) is 4.70. The summed E-state index contributed by atoms with van der Waals surface area (Å²) in [5, 5.41) is 9.16. The molecule has 0 radical (unpaired) electrons. The number of hydrogen-bond donors (Lipinski definition) is 4. The molecule has 2 rings (SSSR count). The van der Waals surface area contributed by atoms with Gasteiger partial charge >= 0.3 is 0 Å². The smallest absolute Gasteiger partial charge is 0.248 e. The summed E-state index contributed by atoms with van der Waals surface area (Å²) in [5.74, 6) is -0.636. The van der Waals surface area contributed by atoms with Crippen LogP contribution in [0.3, 0.4) is 0 Å². The highest BCUT2D eigenvalue weighted by atomic mass is 16.2. The van der Waals surface area contributed by atoms with Crippen molar-refractivity contribution < 1.29 is 9.59 Å². The van der Waals surface area contributed by atoms with E-state index in [0.29, 0.717) is 23.8 Å². The second kappa shape index (κ2) is 5.81. The van der Waals surface area contributed by atoms with Gasteiger partial charge in [0, 0.05) is 30.4 Å². The van der Waals surface area contributed by atoms with Crippen LogP contribution in [0.2, 0.25) is 0 Å². The van der Waals surface area contributed by atoms with E-state index >= 15 is 0 Å². The van der Waals surface area contributed by atoms with Crippen LogP contribution in [0.25, 0.3) is 0 Å². The van der Waals surface area contributed by atoms with Gasteiger partial charge in [0.05, 0.1) is 6.04 Å². The van der Waals surface area contributed by atoms with Crippen LogP contribution in [0.15, 0.2) is 24.3 Å². The molecule has 6 nitrogen and oxygen atoms in total. The van der Waals surface area contributed by atoms with E-state index < -0.39 is 5.91 Å². The predicted molar refractivity (Wildman–Crippen MR) is 72.8 cm³/mol. The molecule has 1 aromatic rings. The van der Waals surface area contributed by atoms with Gasteiger partial charge in [0.15, 0.2) is 0 Å². The third kappa shape index (κ3) is 3.52. The lowest BCUT2D eigenvalue weighted by atomic mass is 10.1. The summed E-state index contributed by atoms with van der Waals surface area (Å²) >= 11 is 0. The number of carbonyl (C=O) groups excluding carboxylic acids is 2. The van der Waals surface area contributed by atoms with Crippen molar-refractivity contribution in [2.75, 3.05) is 18.4 Å². The SMILES string of the molecule is CC1CNC(C(=O)Nc2cccc(C(N)=O)c2)CN1. The van der Waals surface area contributed by atoms with Crippen LogP contribution in [0.4, 0.5) is 5.69 Å². The molecule has 1 fully saturated rings. The molecule has 2 amide bonds. The Bertz CT molecular complexity index is 481. The topological polar surface area (TPSA) is 96.2 Å². The van der Waals surface area contributed by atoms with Crippen molar-refractivity contribution in [2.24, 2.45) is 5.73 Å². The molecule has 1 aliphatic heterocycles. The van der Waals surface area contributed by atoms with Crippen LogP contribution in [0, 0.1) is 0 Å². The first-order chi connectivity index (χ1) is 9.06. The maximum absolute atomic E-state index is 12.0. The first-order valence-electron chi connectivity index (χ1n) is 6.24. The molecule has 1 aliphatic rings. The number of hydrogen-bond acceptors (Lipinski definition) is 4. The molecule has 102 valence electrons. The van der Waals surface area contributed by atoms with Gasteiger partial charge in [-0.3, -0.25) is 9.59 Å². The van der Waals surface area contributed by atoms with E-state index in [4.69, 9.17) is 5.73 Å². The van der Waals surface area contributed by atoms with E-state index in [-0.39, 0.29) is 11.9 Å². The Kier molecular flexibility index (Phi) is 4.13. The summed E-state index contributed by atoms with van der Waals surface area (Å²) in [4.78, 5) is 23.1. The van der Waals surface area contributed by atoms with E-state index in [1.54, 1.807) is 24.3 Å². The highest BCUT2D eigenvalue weighted by Crippen LogP contribution is 2.10. The molecule has 0 bridgehead atoms. The summed E-state index contributed by atoms with van der Waals surface area (Å²) in [6.07, 6.45) is 0. The number of nitrogens with two attached hydrogens (primary N) is 1. The molecule has 5 N–H and O–H groups in total. The van der Waals surface area contributed by atoms with Crippen molar-refractivity contribution in [3.8, 4) is 0 Å². The average molecular weight is 262 g/mol. The Morgan fingerprint density at radius 3 is 2.74 bits per heavy atom. The van der Waals surface area contributed by atoms with Gasteiger partial charge in [-0.2, -0.15) is 0 Å². The van der Waals surface area contributed by atoms with E-state index in [9.17, 15) is 9.59 Å². The Labute approximate surface area is 111 Å². The fourth-order valence-corrected chi connectivity index (χ4v) is 1.95. The van der Waals surface area contributed by atoms with E-state index in [1.165, 1.54) is 0 Å². The fourth-order valence-electron chi connectivity index (χ4n) is 1.95. The fraction of sp³-hybridized carbons (Fsp3) is 0.385. The van der Waals surface area contributed by atoms with E-state index in [2.05, 4.69) is 22.9 Å². The number of rotatable bonds is 3. The summed E-state index contributed by atoms with van der Waals surface area (Å²) in [7, 11) is 0. The van der Waals surface area contributed by atoms with Crippen LogP contribution >= 0.6 is 0 Å². The minimum Gasteiger partial charge on any atom is -0.366 e. The Morgan fingerprint density at radius 1 is 1.32 bits per heavy atom. The molecule has 1 heterocycles. The van der Waals surface area contributed by atoms with Gasteiger partial charge in [0.1, 0.15) is 0 Å². The van der Waals surface area contributed by atoms with Crippen molar-refractivity contribution in [2.45, 2.75) is 19.0 Å². The maximum atomic E-state index is 12.0. The molecule has 0 aliphatic carbocycles. The zero-order valence-corrected chi connectivity index (χ0v) is 10.8. The Morgan fingerprint density at radius 2 is 2.11 bits per heavy atom. The number of piperazine rings is 1. The minimum absolute atomic E-state index is 0.124. The lowest BCUT2D eigenvalue weighted by Gasteiger charge is -2.28. The molecule has 1 aromatic carbocycles. The zero-order valence-electron chi connectivity index (χ0n) is 10.8. The van der Waals surface area contributed by atoms with Crippen molar-refractivity contribution in [1.29, 1.82) is 0 Å². The van der Waals surface area contributed by atoms with Gasteiger partial charge in [0.25, 0.3) is 0 Å². The number of carbonyl (C=O) groups is 2. The van der Waals surface area contributed by atoms with Crippen molar-refractivity contribution in [3.05, 3.63) is 29.8 Å². The molecule has 2 unspecified atom stereocenters. The normalized spacial score (nSPS) is 22.8. The van der Waals surface area contributed by atoms with Gasteiger partial charge < -0.3 is 21.7 Å². The van der Waals surface area contributed by atoms with Gasteiger partial charge in [-0.05, 0) is 25.1 Å². The van der Waals surface area contributed by atoms with E-state index in [0.717, 1.165) is 6.54 Å². The molecule has 0 saturated carbocycles. The van der Waals surface area contributed by atoms with Crippen molar-refractivity contribution >= 4 is 17.5 Å². The number of anilines is 1. The second-order valence-corrected chi connectivity index (χ2v) is 4.70. The number of primary amides is 1. The molecule has 2 atom stereocenters. The van der Waals surface area contributed by atoms with E-state index in [1.807, 2.05) is 0 Å². The largest absolute Gasteiger partial charge is 0.366 e. The highest BCUT2D eigenvalue weighted by Gasteiger charge is 2.23. The standard InChI is InChI=1S/C13H18N4O2/c1-8-6-16-11(7-15-8)13(19)17-10-4-2-3-9(5-10)12(14)18/h2-5,8,11,15-16H,6-7H2,1H3,(H2,14,18)(H,17,19). The molecule has 0 spiro atoms. The first kappa shape index (κ1) is 13.5. The molecule has 0 aromatic heterocycles. The van der Waals surface area contributed by atoms with Crippen LogP contribution in [-0.4, -0.2) is 37.0 Å². The molecule has 1 saturated heterocycles. The number of nitrogens with one attached hydrogen (secondary N) is 3. The third-order valence-corrected chi connectivity index (χ3v) is 3.07. The van der Waals surface area contributed by atoms with Crippen LogP contribution in [0.1, 0.15) is 17.3 Å². The molecular weight excluding hydrogens is 244 g/mol. The van der Waals surface area contributed by atoms with Gasteiger partial charge in [-0.15, -0.1) is 0 Å². The van der Waals surface area contributed by atoms with Crippen LogP contribution in [0.5, 0.6) is 0 Å². The lowest BCUT2D eigenvalue weighted by Crippen LogP contribution is -2.57. The summed E-state index contributed by atoms with van der Waals surface area (Å²) in [6.45, 7) is 3.39. The lowest BCUT2D eigenvalue weighted by molar-refractivity contribution is -0.118. The van der Waals surface area contributed by atoms with Crippen LogP contribution in [-0.2, 0) is 4.79 Å². The highest BCUT2D eigenvalue weighted by molar-refractivity contribution is 5.98. The van der Waals surface area contributed by atoms with Gasteiger partial charge in [0.2, 0.25) is 11.8 Å². The monoisotopic (exact) mass is 262 g/mol. The van der Waals surface area contributed by atoms with Gasteiger partial charge in [-0.1, -0.05) is 6.07 Å². The Hall–Kier alpha value is -1.92. The summed E-state index contributed by atoms with van der Waals surface area (Å²) in [5.41, 5.74) is 6.14. The average Bonchev–Trinajstić information content (AvgIpc) is 2.39. The van der Waals surface area contributed by atoms with Crippen molar-refractivity contribution in [3.63, 3.8) is 0 Å². The summed E-state index contributed by atoms with van der Waals surface area (Å²) in [6, 6.07) is 6.68. The quantitative estimate of drug-likeness (QED) is 0.600. The third-order valence-electron chi connectivity index (χ3n) is 3.07. The number of amides is 2. The van der Waals surface area contributed by atoms with Crippen LogP contribution < -0.4 is 21.7 Å². The number of benzene rings is 1. The molecule has 19 heavy (non-hydrogen) atoms. The summed E-state index contributed by atoms with van der Waals surface area (Å²) < 4.78 is 0. The predicted octanol–water partition coefficient (Wildman–Crippen LogP) is -0.326. The molecule has 6 heteroatoms.